The van der Waals surface area contributed by atoms with Gasteiger partial charge in [0.05, 0.1) is 13.2 Å². The van der Waals surface area contributed by atoms with Gasteiger partial charge in [-0.15, -0.1) is 0 Å². The summed E-state index contributed by atoms with van der Waals surface area (Å²) in [5.41, 5.74) is 8.08. The molecule has 0 aromatic heterocycles. The molecule has 1 aliphatic rings. The van der Waals surface area contributed by atoms with Crippen molar-refractivity contribution in [3.63, 3.8) is 0 Å². The van der Waals surface area contributed by atoms with E-state index in [9.17, 15) is 9.59 Å². The number of morpholine rings is 1. The van der Waals surface area contributed by atoms with E-state index < -0.39 is 17.9 Å². The molecule has 0 radical (unpaired) electrons. The van der Waals surface area contributed by atoms with Gasteiger partial charge in [-0.2, -0.15) is 0 Å². The van der Waals surface area contributed by atoms with Gasteiger partial charge >= 0.3 is 5.97 Å². The summed E-state index contributed by atoms with van der Waals surface area (Å²) in [7, 11) is 0. The zero-order chi connectivity index (χ0) is 15.4. The molecule has 1 aromatic rings. The van der Waals surface area contributed by atoms with E-state index in [1.54, 1.807) is 0 Å². The van der Waals surface area contributed by atoms with E-state index in [1.807, 2.05) is 30.0 Å². The number of benzene rings is 1. The highest BCUT2D eigenvalue weighted by atomic mass is 16.5. The second-order valence-corrected chi connectivity index (χ2v) is 4.90. The Morgan fingerprint density at radius 1 is 1.48 bits per heavy atom. The lowest BCUT2D eigenvalue weighted by atomic mass is 10.1. The lowest BCUT2D eigenvalue weighted by Crippen LogP contribution is -2.52. The number of carbonyl (C=O) groups excluding carboxylic acids is 1. The molecule has 1 unspecified atom stereocenters. The maximum Gasteiger partial charge on any atom is 0.328 e. The monoisotopic (exact) mass is 290 g/mol. The number of ether oxygens (including phenoxy) is 1. The predicted octanol–water partition coefficient (Wildman–Crippen LogP) is 0.783. The Morgan fingerprint density at radius 3 is 2.86 bits per heavy atom. The van der Waals surface area contributed by atoms with Crippen LogP contribution in [0.1, 0.15) is 11.1 Å². The first kappa shape index (κ1) is 15.1. The van der Waals surface area contributed by atoms with Crippen molar-refractivity contribution in [1.82, 2.24) is 0 Å². The molecule has 6 nitrogen and oxygen atoms in total. The predicted molar refractivity (Wildman–Crippen MR) is 79.0 cm³/mol. The van der Waals surface area contributed by atoms with Gasteiger partial charge in [-0.25, -0.2) is 4.79 Å². The number of carbonyl (C=O) groups is 2. The second kappa shape index (κ2) is 6.41. The number of carboxylic acids is 1. The average molecular weight is 290 g/mol. The van der Waals surface area contributed by atoms with E-state index in [0.29, 0.717) is 13.2 Å². The van der Waals surface area contributed by atoms with Crippen molar-refractivity contribution in [3.05, 3.63) is 35.4 Å². The molecule has 0 bridgehead atoms. The fourth-order valence-electron chi connectivity index (χ4n) is 2.40. The highest BCUT2D eigenvalue weighted by molar-refractivity contribution is 5.86. The van der Waals surface area contributed by atoms with Crippen LogP contribution in [0.4, 0.5) is 5.69 Å². The third-order valence-electron chi connectivity index (χ3n) is 3.41. The highest BCUT2D eigenvalue weighted by Gasteiger charge is 2.28. The molecule has 0 saturated carbocycles. The maximum absolute atomic E-state index is 11.5. The van der Waals surface area contributed by atoms with Gasteiger partial charge in [0.15, 0.2) is 0 Å². The van der Waals surface area contributed by atoms with Gasteiger partial charge < -0.3 is 20.5 Å². The summed E-state index contributed by atoms with van der Waals surface area (Å²) in [5.74, 6) is -1.40. The second-order valence-electron chi connectivity index (χ2n) is 4.90. The molecule has 1 aromatic carbocycles. The molecule has 1 saturated heterocycles. The molecule has 0 spiro atoms. The largest absolute Gasteiger partial charge is 0.478 e. The normalized spacial score (nSPS) is 18.9. The first-order valence-electron chi connectivity index (χ1n) is 6.64. The van der Waals surface area contributed by atoms with Crippen LogP contribution in [0, 0.1) is 6.92 Å². The zero-order valence-electron chi connectivity index (χ0n) is 11.8. The van der Waals surface area contributed by atoms with Gasteiger partial charge in [0.1, 0.15) is 6.04 Å². The molecule has 112 valence electrons. The molecular formula is C15H18N2O4. The third kappa shape index (κ3) is 3.61. The van der Waals surface area contributed by atoms with Crippen LogP contribution in [0.15, 0.2) is 24.3 Å². The minimum atomic E-state index is -0.987. The average Bonchev–Trinajstić information content (AvgIpc) is 2.45. The number of aryl methyl sites for hydroxylation is 1. The van der Waals surface area contributed by atoms with Crippen molar-refractivity contribution in [3.8, 4) is 0 Å². The molecule has 1 atom stereocenters. The van der Waals surface area contributed by atoms with Crippen molar-refractivity contribution in [1.29, 1.82) is 0 Å². The Balaban J connectivity index is 2.27. The smallest absolute Gasteiger partial charge is 0.328 e. The Bertz CT molecular complexity index is 583. The number of amides is 1. The lowest BCUT2D eigenvalue weighted by molar-refractivity contribution is -0.131. The minimum absolute atomic E-state index is 0.287. The van der Waals surface area contributed by atoms with Crippen molar-refractivity contribution in [2.24, 2.45) is 5.73 Å². The van der Waals surface area contributed by atoms with Crippen molar-refractivity contribution >= 4 is 23.6 Å². The Morgan fingerprint density at radius 2 is 2.24 bits per heavy atom. The minimum Gasteiger partial charge on any atom is -0.478 e. The van der Waals surface area contributed by atoms with E-state index >= 15 is 0 Å². The number of hydrogen-bond donors (Lipinski definition) is 2. The number of rotatable bonds is 4. The van der Waals surface area contributed by atoms with Crippen LogP contribution in [0.25, 0.3) is 6.08 Å². The molecular weight excluding hydrogens is 272 g/mol. The van der Waals surface area contributed by atoms with E-state index in [1.165, 1.54) is 6.08 Å². The molecule has 1 heterocycles. The standard InChI is InChI=1S/C15H18N2O4/c1-10-8-11(3-5-14(18)19)2-4-12(10)17-6-7-21-9-13(17)15(16)20/h2-5,8,13H,6-7,9H2,1H3,(H2,16,20)(H,18,19)/b5-3+. The van der Waals surface area contributed by atoms with Crippen LogP contribution in [-0.4, -0.2) is 42.8 Å². The molecule has 2 rings (SSSR count). The van der Waals surface area contributed by atoms with Crippen molar-refractivity contribution < 1.29 is 19.4 Å². The first-order chi connectivity index (χ1) is 9.99. The van der Waals surface area contributed by atoms with E-state index in [2.05, 4.69) is 0 Å². The molecule has 1 aliphatic heterocycles. The number of anilines is 1. The zero-order valence-corrected chi connectivity index (χ0v) is 11.8. The molecule has 0 aliphatic carbocycles. The van der Waals surface area contributed by atoms with Gasteiger partial charge in [-0.05, 0) is 36.3 Å². The Hall–Kier alpha value is -2.34. The van der Waals surface area contributed by atoms with Gasteiger partial charge in [0, 0.05) is 18.3 Å². The Labute approximate surface area is 122 Å². The van der Waals surface area contributed by atoms with Crippen molar-refractivity contribution in [2.45, 2.75) is 13.0 Å². The number of nitrogens with two attached hydrogens (primary N) is 1. The van der Waals surface area contributed by atoms with Crippen LogP contribution < -0.4 is 10.6 Å². The molecule has 1 fully saturated rings. The van der Waals surface area contributed by atoms with Crippen LogP contribution in [-0.2, 0) is 14.3 Å². The van der Waals surface area contributed by atoms with Gasteiger partial charge in [-0.3, -0.25) is 4.79 Å². The molecule has 21 heavy (non-hydrogen) atoms. The van der Waals surface area contributed by atoms with Crippen LogP contribution in [0.2, 0.25) is 0 Å². The number of carboxylic acid groups (broad SMARTS) is 1. The van der Waals surface area contributed by atoms with Crippen LogP contribution in [0.5, 0.6) is 0 Å². The SMILES string of the molecule is Cc1cc(/C=C/C(=O)O)ccc1N1CCOCC1C(N)=O. The van der Waals surface area contributed by atoms with Crippen LogP contribution in [0.3, 0.4) is 0 Å². The summed E-state index contributed by atoms with van der Waals surface area (Å²) in [6.07, 6.45) is 2.62. The molecule has 3 N–H and O–H groups in total. The van der Waals surface area contributed by atoms with Crippen molar-refractivity contribution in [2.75, 3.05) is 24.7 Å². The number of primary amides is 1. The van der Waals surface area contributed by atoms with Gasteiger partial charge in [0.2, 0.25) is 5.91 Å². The summed E-state index contributed by atoms with van der Waals surface area (Å²) in [4.78, 5) is 24.0. The van der Waals surface area contributed by atoms with E-state index in [4.69, 9.17) is 15.6 Å². The summed E-state index contributed by atoms with van der Waals surface area (Å²) in [6.45, 7) is 3.35. The van der Waals surface area contributed by atoms with Gasteiger partial charge in [0.25, 0.3) is 0 Å². The Kier molecular flexibility index (Phi) is 4.59. The first-order valence-corrected chi connectivity index (χ1v) is 6.64. The van der Waals surface area contributed by atoms with Gasteiger partial charge in [-0.1, -0.05) is 6.07 Å². The summed E-state index contributed by atoms with van der Waals surface area (Å²) < 4.78 is 5.30. The molecule has 1 amide bonds. The number of hydrogen-bond acceptors (Lipinski definition) is 4. The van der Waals surface area contributed by atoms with Crippen LogP contribution >= 0.6 is 0 Å². The maximum atomic E-state index is 11.5. The summed E-state index contributed by atoms with van der Waals surface area (Å²) in [6, 6.07) is 5.09. The summed E-state index contributed by atoms with van der Waals surface area (Å²) in [5, 5.41) is 8.64. The summed E-state index contributed by atoms with van der Waals surface area (Å²) >= 11 is 0. The van der Waals surface area contributed by atoms with E-state index in [0.717, 1.165) is 22.9 Å². The lowest BCUT2D eigenvalue weighted by Gasteiger charge is -2.36. The third-order valence-corrected chi connectivity index (χ3v) is 3.41. The fraction of sp³-hybridized carbons (Fsp3) is 0.333. The number of aliphatic carboxylic acids is 1. The number of nitrogens with zero attached hydrogens (tertiary/aromatic N) is 1. The van der Waals surface area contributed by atoms with E-state index in [-0.39, 0.29) is 6.61 Å². The topological polar surface area (TPSA) is 92.9 Å². The quantitative estimate of drug-likeness (QED) is 0.799. The highest BCUT2D eigenvalue weighted by Crippen LogP contribution is 2.25. The molecule has 6 heteroatoms. The fourth-order valence-corrected chi connectivity index (χ4v) is 2.40.